The minimum atomic E-state index is 1.10. The molecule has 0 atom stereocenters. The van der Waals surface area contributed by atoms with E-state index < -0.39 is 0 Å². The molecule has 0 saturated heterocycles. The molecule has 20 heavy (non-hydrogen) atoms. The quantitative estimate of drug-likeness (QED) is 0.671. The van der Waals surface area contributed by atoms with E-state index in [1.165, 1.54) is 44.5 Å². The summed E-state index contributed by atoms with van der Waals surface area (Å²) in [6.45, 7) is 4.58. The lowest BCUT2D eigenvalue weighted by atomic mass is 9.92. The number of hydrogen-bond acceptors (Lipinski definition) is 0. The monoisotopic (exact) mass is 258 g/mol. The van der Waals surface area contributed by atoms with Gasteiger partial charge in [-0.1, -0.05) is 59.7 Å². The molecule has 98 valence electrons. The molecule has 2 aromatic carbocycles. The lowest BCUT2D eigenvalue weighted by Gasteiger charge is -2.12. The van der Waals surface area contributed by atoms with Crippen LogP contribution in [0.4, 0.5) is 0 Å². The Labute approximate surface area is 120 Å². The van der Waals surface area contributed by atoms with Crippen LogP contribution in [0.3, 0.4) is 0 Å². The molecular formula is C20H18. The molecular weight excluding hydrogens is 240 g/mol. The van der Waals surface area contributed by atoms with Gasteiger partial charge < -0.3 is 0 Å². The van der Waals surface area contributed by atoms with Crippen LogP contribution >= 0.6 is 0 Å². The Balaban J connectivity index is 1.95. The number of hydrogen-bond donors (Lipinski definition) is 0. The third-order valence-electron chi connectivity index (χ3n) is 4.59. The van der Waals surface area contributed by atoms with Crippen molar-refractivity contribution in [1.29, 1.82) is 0 Å². The molecule has 0 heteroatoms. The van der Waals surface area contributed by atoms with E-state index in [1.54, 1.807) is 0 Å². The second kappa shape index (κ2) is 4.21. The summed E-state index contributed by atoms with van der Waals surface area (Å²) in [5.74, 6) is 0. The first-order chi connectivity index (χ1) is 9.75. The zero-order valence-corrected chi connectivity index (χ0v) is 12.0. The van der Waals surface area contributed by atoms with Crippen LogP contribution in [0.5, 0.6) is 0 Å². The second-order valence-electron chi connectivity index (χ2n) is 5.98. The van der Waals surface area contributed by atoms with Crippen molar-refractivity contribution in [3.8, 4) is 0 Å². The maximum atomic E-state index is 2.29. The van der Waals surface area contributed by atoms with Crippen LogP contribution in [0.1, 0.15) is 36.1 Å². The van der Waals surface area contributed by atoms with E-state index in [1.807, 2.05) is 0 Å². The molecule has 2 aromatic rings. The van der Waals surface area contributed by atoms with E-state index in [-0.39, 0.29) is 0 Å². The van der Waals surface area contributed by atoms with E-state index in [9.17, 15) is 0 Å². The first-order valence-electron chi connectivity index (χ1n) is 7.32. The fourth-order valence-electron chi connectivity index (χ4n) is 3.74. The molecule has 0 aliphatic heterocycles. The Morgan fingerprint density at radius 1 is 0.600 bits per heavy atom. The molecule has 0 saturated carbocycles. The van der Waals surface area contributed by atoms with E-state index >= 15 is 0 Å². The van der Waals surface area contributed by atoms with E-state index in [0.717, 1.165) is 12.8 Å². The van der Waals surface area contributed by atoms with Crippen molar-refractivity contribution >= 4 is 11.1 Å². The summed E-state index contributed by atoms with van der Waals surface area (Å²) in [4.78, 5) is 0. The predicted molar refractivity (Wildman–Crippen MR) is 85.5 cm³/mol. The summed E-state index contributed by atoms with van der Waals surface area (Å²) in [5, 5.41) is 0. The van der Waals surface area contributed by atoms with Crippen LogP contribution in [0.2, 0.25) is 0 Å². The summed E-state index contributed by atoms with van der Waals surface area (Å²) < 4.78 is 0. The van der Waals surface area contributed by atoms with Crippen molar-refractivity contribution in [1.82, 2.24) is 0 Å². The Morgan fingerprint density at radius 3 is 1.45 bits per heavy atom. The van der Waals surface area contributed by atoms with Crippen molar-refractivity contribution in [3.63, 3.8) is 0 Å². The summed E-state index contributed by atoms with van der Waals surface area (Å²) in [5.41, 5.74) is 11.8. The lowest BCUT2D eigenvalue weighted by Crippen LogP contribution is -1.90. The first-order valence-corrected chi connectivity index (χ1v) is 7.32. The highest BCUT2D eigenvalue weighted by atomic mass is 14.3. The molecule has 0 heterocycles. The summed E-state index contributed by atoms with van der Waals surface area (Å²) in [6.07, 6.45) is 2.20. The molecule has 2 aliphatic rings. The SMILES string of the molecule is CC1=C(C2=C(C)Cc3ccccc32)c2ccccc2C1. The van der Waals surface area contributed by atoms with Crippen molar-refractivity contribution in [2.75, 3.05) is 0 Å². The van der Waals surface area contributed by atoms with Crippen LogP contribution in [-0.4, -0.2) is 0 Å². The fraction of sp³-hybridized carbons (Fsp3) is 0.200. The highest BCUT2D eigenvalue weighted by Crippen LogP contribution is 2.46. The largest absolute Gasteiger partial charge is 0.0619 e. The molecule has 0 fully saturated rings. The molecule has 2 aliphatic carbocycles. The number of allylic oxidation sites excluding steroid dienone is 4. The Kier molecular flexibility index (Phi) is 2.47. The van der Waals surface area contributed by atoms with Gasteiger partial charge in [-0.2, -0.15) is 0 Å². The number of fused-ring (bicyclic) bond motifs is 2. The van der Waals surface area contributed by atoms with Crippen LogP contribution < -0.4 is 0 Å². The van der Waals surface area contributed by atoms with Gasteiger partial charge in [-0.3, -0.25) is 0 Å². The van der Waals surface area contributed by atoms with Gasteiger partial charge in [0.15, 0.2) is 0 Å². The molecule has 0 unspecified atom stereocenters. The average Bonchev–Trinajstić information content (AvgIpc) is 2.94. The maximum Gasteiger partial charge on any atom is -0.00543 e. The van der Waals surface area contributed by atoms with Gasteiger partial charge in [0.25, 0.3) is 0 Å². The van der Waals surface area contributed by atoms with Gasteiger partial charge in [-0.15, -0.1) is 0 Å². The van der Waals surface area contributed by atoms with Crippen LogP contribution in [0.15, 0.2) is 59.7 Å². The molecule has 0 radical (unpaired) electrons. The van der Waals surface area contributed by atoms with E-state index in [2.05, 4.69) is 62.4 Å². The zero-order chi connectivity index (χ0) is 13.7. The molecule has 0 nitrogen and oxygen atoms in total. The normalized spacial score (nSPS) is 16.7. The first kappa shape index (κ1) is 11.7. The third-order valence-corrected chi connectivity index (χ3v) is 4.59. The van der Waals surface area contributed by atoms with E-state index in [4.69, 9.17) is 0 Å². The Morgan fingerprint density at radius 2 is 1.00 bits per heavy atom. The minimum absolute atomic E-state index is 1.10. The maximum absolute atomic E-state index is 2.29. The standard InChI is InChI=1S/C20H18/c1-13-11-15-7-3-5-9-17(15)19(13)20-14(2)12-16-8-4-6-10-18(16)20/h3-10H,11-12H2,1-2H3. The lowest BCUT2D eigenvalue weighted by molar-refractivity contribution is 1.19. The minimum Gasteiger partial charge on any atom is -0.0619 e. The van der Waals surface area contributed by atoms with Crippen LogP contribution in [-0.2, 0) is 12.8 Å². The van der Waals surface area contributed by atoms with Gasteiger partial charge in [0.05, 0.1) is 0 Å². The average molecular weight is 258 g/mol. The summed E-state index contributed by atoms with van der Waals surface area (Å²) in [6, 6.07) is 17.7. The Bertz CT molecular complexity index is 705. The van der Waals surface area contributed by atoms with Crippen LogP contribution in [0.25, 0.3) is 11.1 Å². The van der Waals surface area contributed by atoms with Crippen LogP contribution in [0, 0.1) is 0 Å². The fourth-order valence-corrected chi connectivity index (χ4v) is 3.74. The van der Waals surface area contributed by atoms with Gasteiger partial charge in [0.1, 0.15) is 0 Å². The number of rotatable bonds is 1. The topological polar surface area (TPSA) is 0 Å². The molecule has 4 rings (SSSR count). The predicted octanol–water partition coefficient (Wildman–Crippen LogP) is 5.05. The van der Waals surface area contributed by atoms with Crippen molar-refractivity contribution < 1.29 is 0 Å². The smallest absolute Gasteiger partial charge is 0.00543 e. The van der Waals surface area contributed by atoms with Crippen molar-refractivity contribution in [2.24, 2.45) is 0 Å². The second-order valence-corrected chi connectivity index (χ2v) is 5.98. The molecule has 0 N–H and O–H groups in total. The van der Waals surface area contributed by atoms with Gasteiger partial charge in [0.2, 0.25) is 0 Å². The van der Waals surface area contributed by atoms with E-state index in [0.29, 0.717) is 0 Å². The molecule has 0 bridgehead atoms. The summed E-state index contributed by atoms with van der Waals surface area (Å²) >= 11 is 0. The number of benzene rings is 2. The van der Waals surface area contributed by atoms with Gasteiger partial charge in [-0.05, 0) is 60.1 Å². The summed E-state index contributed by atoms with van der Waals surface area (Å²) in [7, 11) is 0. The Hall–Kier alpha value is -2.08. The zero-order valence-electron chi connectivity index (χ0n) is 12.0. The molecule has 0 spiro atoms. The van der Waals surface area contributed by atoms with Gasteiger partial charge in [-0.25, -0.2) is 0 Å². The van der Waals surface area contributed by atoms with Crippen molar-refractivity contribution in [2.45, 2.75) is 26.7 Å². The molecule has 0 amide bonds. The highest BCUT2D eigenvalue weighted by molar-refractivity contribution is 6.11. The van der Waals surface area contributed by atoms with Gasteiger partial charge >= 0.3 is 0 Å². The third kappa shape index (κ3) is 1.54. The highest BCUT2D eigenvalue weighted by Gasteiger charge is 2.27. The van der Waals surface area contributed by atoms with Gasteiger partial charge in [0, 0.05) is 0 Å². The molecule has 0 aromatic heterocycles. The van der Waals surface area contributed by atoms with Crippen molar-refractivity contribution in [3.05, 3.63) is 81.9 Å².